The van der Waals surface area contributed by atoms with Crippen LogP contribution in [0.4, 0.5) is 0 Å². The normalized spacial score (nSPS) is 16.3. The molecule has 2 aromatic heterocycles. The van der Waals surface area contributed by atoms with Crippen LogP contribution in [0.5, 0.6) is 0 Å². The maximum absolute atomic E-state index is 12.8. The van der Waals surface area contributed by atoms with Gasteiger partial charge in [0.15, 0.2) is 11.4 Å². The fraction of sp³-hybridized carbons (Fsp3) is 0.429. The molecule has 2 aromatic carbocycles. The zero-order valence-electron chi connectivity index (χ0n) is 28.4. The third-order valence-corrected chi connectivity index (χ3v) is 8.76. The van der Waals surface area contributed by atoms with Gasteiger partial charge in [-0.05, 0) is 50.7 Å². The van der Waals surface area contributed by atoms with Crippen LogP contribution in [0, 0.1) is 0 Å². The van der Waals surface area contributed by atoms with Crippen molar-refractivity contribution in [1.82, 2.24) is 29.4 Å². The number of aromatic nitrogens is 4. The fourth-order valence-corrected chi connectivity index (χ4v) is 6.40. The summed E-state index contributed by atoms with van der Waals surface area (Å²) in [6.45, 7) is 0.719. The predicted octanol–water partition coefficient (Wildman–Crippen LogP) is -0.610. The number of methoxy groups -OCH3 is 1. The number of esters is 1. The van der Waals surface area contributed by atoms with Crippen molar-refractivity contribution in [2.45, 2.75) is 78.6 Å². The van der Waals surface area contributed by atoms with Crippen LogP contribution in [0.15, 0.2) is 48.5 Å². The van der Waals surface area contributed by atoms with Crippen LogP contribution in [0.1, 0.15) is 74.4 Å². The van der Waals surface area contributed by atoms with Crippen molar-refractivity contribution in [1.29, 1.82) is 0 Å². The number of aliphatic carboxylic acids is 1. The molecule has 2 fully saturated rings. The SMILES string of the molecule is C.C.COC(=O)[C@@H]1CCCCN1C(=O)Cn1nc(C(N)=O)c2ccccc21.NC(=O)c1nn(CC(=O)N2CCCC[C@H]2C(=O)O)c2ccccc12.[Na+].[OH-]. The Labute approximate surface area is 329 Å². The molecule has 4 heterocycles. The second kappa shape index (κ2) is 20.4. The molecule has 17 nitrogen and oxygen atoms in total. The average molecular weight is 747 g/mol. The van der Waals surface area contributed by atoms with Gasteiger partial charge in [0.1, 0.15) is 25.2 Å². The van der Waals surface area contributed by atoms with E-state index in [-0.39, 0.29) is 86.2 Å². The number of fused-ring (bicyclic) bond motifs is 2. The number of primary amides is 2. The van der Waals surface area contributed by atoms with Crippen LogP contribution in [0.25, 0.3) is 21.8 Å². The summed E-state index contributed by atoms with van der Waals surface area (Å²) in [6, 6.07) is 12.7. The molecule has 2 atom stereocenters. The zero-order chi connectivity index (χ0) is 35.2. The minimum absolute atomic E-state index is 0. The van der Waals surface area contributed by atoms with E-state index in [1.165, 1.54) is 26.3 Å². The summed E-state index contributed by atoms with van der Waals surface area (Å²) < 4.78 is 7.68. The van der Waals surface area contributed by atoms with E-state index >= 15 is 0 Å². The van der Waals surface area contributed by atoms with Crippen LogP contribution in [-0.2, 0) is 37.0 Å². The molecule has 0 spiro atoms. The third-order valence-electron chi connectivity index (χ3n) is 8.76. The largest absolute Gasteiger partial charge is 1.00 e. The van der Waals surface area contributed by atoms with Gasteiger partial charge in [-0.15, -0.1) is 0 Å². The molecular weight excluding hydrogens is 699 g/mol. The fourth-order valence-electron chi connectivity index (χ4n) is 6.40. The van der Waals surface area contributed by atoms with E-state index in [0.717, 1.165) is 25.7 Å². The Morgan fingerprint density at radius 2 is 1.11 bits per heavy atom. The van der Waals surface area contributed by atoms with Gasteiger partial charge < -0.3 is 36.6 Å². The first-order valence-electron chi connectivity index (χ1n) is 15.9. The van der Waals surface area contributed by atoms with Crippen LogP contribution < -0.4 is 41.0 Å². The van der Waals surface area contributed by atoms with E-state index in [1.54, 1.807) is 48.5 Å². The number of carbonyl (C=O) groups excluding carboxylic acids is 5. The smallest absolute Gasteiger partial charge is 0.870 e. The molecule has 4 aromatic rings. The summed E-state index contributed by atoms with van der Waals surface area (Å²) in [5.74, 6) is -3.28. The van der Waals surface area contributed by atoms with Gasteiger partial charge in [-0.2, -0.15) is 10.2 Å². The van der Waals surface area contributed by atoms with E-state index in [0.29, 0.717) is 47.7 Å². The molecule has 2 saturated heterocycles. The standard InChI is InChI=1S/C17H20N4O4.C16H18N4O4.2CH4.Na.H2O/c1-25-17(24)13-8-4-5-9-20(13)14(22)10-21-12-7-3-2-6-11(12)15(19-21)16(18)23;17-15(22)14-10-5-1-2-6-11(10)20(18-14)9-13(21)19-8-4-3-7-12(19)16(23)24;;;;/h2-3,6-7,13H,4-5,8-10H2,1H3,(H2,18,23);1-2,5-6,12H,3-4,7-9H2,(H2,17,22)(H,23,24);2*1H4;;1H2/q;;;;+1;/p-1/t13-;12-;;;;/m00..../s1. The van der Waals surface area contributed by atoms with Crippen molar-refractivity contribution in [3.63, 3.8) is 0 Å². The van der Waals surface area contributed by atoms with Crippen molar-refractivity contribution in [3.8, 4) is 0 Å². The topological polar surface area (TPSA) is 256 Å². The number of piperidine rings is 2. The second-order valence-corrected chi connectivity index (χ2v) is 11.8. The number of amides is 4. The summed E-state index contributed by atoms with van der Waals surface area (Å²) >= 11 is 0. The Kier molecular flexibility index (Phi) is 17.8. The van der Waals surface area contributed by atoms with Crippen LogP contribution in [0.2, 0.25) is 0 Å². The quantitative estimate of drug-likeness (QED) is 0.151. The number of carboxylic acids is 1. The number of nitrogens with zero attached hydrogens (tertiary/aromatic N) is 6. The number of benzene rings is 2. The number of carboxylic acid groups (broad SMARTS) is 1. The van der Waals surface area contributed by atoms with Crippen LogP contribution >= 0.6 is 0 Å². The molecule has 282 valence electrons. The number of nitrogens with two attached hydrogens (primary N) is 2. The first kappa shape index (κ1) is 46.2. The predicted molar refractivity (Wildman–Crippen MR) is 190 cm³/mol. The van der Waals surface area contributed by atoms with Gasteiger partial charge in [0.05, 0.1) is 18.1 Å². The number of likely N-dealkylation sites (tertiary alicyclic amines) is 2. The van der Waals surface area contributed by atoms with Crippen LogP contribution in [0.3, 0.4) is 0 Å². The van der Waals surface area contributed by atoms with Gasteiger partial charge in [0.2, 0.25) is 11.8 Å². The number of hydrogen-bond acceptors (Lipinski definition) is 10. The van der Waals surface area contributed by atoms with E-state index in [1.807, 2.05) is 0 Å². The molecule has 0 bridgehead atoms. The number of para-hydroxylation sites is 2. The van der Waals surface area contributed by atoms with E-state index < -0.39 is 35.8 Å². The number of ether oxygens (including phenoxy) is 1. The van der Waals surface area contributed by atoms with E-state index in [2.05, 4.69) is 10.2 Å². The average Bonchev–Trinajstić information content (AvgIpc) is 3.67. The second-order valence-electron chi connectivity index (χ2n) is 11.8. The monoisotopic (exact) mass is 746 g/mol. The maximum Gasteiger partial charge on any atom is 1.00 e. The zero-order valence-corrected chi connectivity index (χ0v) is 30.4. The Morgan fingerprint density at radius 3 is 1.51 bits per heavy atom. The van der Waals surface area contributed by atoms with Crippen molar-refractivity contribution in [2.75, 3.05) is 20.2 Å². The van der Waals surface area contributed by atoms with Crippen molar-refractivity contribution < 1.29 is 73.6 Å². The Morgan fingerprint density at radius 1 is 0.717 bits per heavy atom. The molecule has 0 radical (unpaired) electrons. The summed E-state index contributed by atoms with van der Waals surface area (Å²) in [5.41, 5.74) is 12.2. The van der Waals surface area contributed by atoms with Crippen molar-refractivity contribution in [3.05, 3.63) is 59.9 Å². The minimum atomic E-state index is -0.994. The van der Waals surface area contributed by atoms with Crippen LogP contribution in [-0.4, -0.2) is 108 Å². The maximum atomic E-state index is 12.8. The summed E-state index contributed by atoms with van der Waals surface area (Å²) in [7, 11) is 1.32. The van der Waals surface area contributed by atoms with Gasteiger partial charge in [-0.1, -0.05) is 51.3 Å². The van der Waals surface area contributed by atoms with E-state index in [9.17, 15) is 33.9 Å². The third kappa shape index (κ3) is 10.2. The van der Waals surface area contributed by atoms with E-state index in [4.69, 9.17) is 16.2 Å². The molecule has 0 aliphatic carbocycles. The van der Waals surface area contributed by atoms with Gasteiger partial charge >= 0.3 is 41.5 Å². The molecule has 0 saturated carbocycles. The van der Waals surface area contributed by atoms with Gasteiger partial charge in [0.25, 0.3) is 11.8 Å². The molecule has 18 heteroatoms. The first-order valence-corrected chi connectivity index (χ1v) is 15.9. The molecular formula is C35H47N8NaO9. The number of rotatable bonds is 8. The minimum Gasteiger partial charge on any atom is -0.870 e. The Balaban J connectivity index is 0.000000493. The molecule has 6 rings (SSSR count). The molecule has 53 heavy (non-hydrogen) atoms. The number of hydrogen-bond donors (Lipinski definition) is 3. The summed E-state index contributed by atoms with van der Waals surface area (Å²) in [5, 5.41) is 18.8. The molecule has 2 aliphatic heterocycles. The summed E-state index contributed by atoms with van der Waals surface area (Å²) in [6.07, 6.45) is 4.32. The van der Waals surface area contributed by atoms with Gasteiger partial charge in [-0.25, -0.2) is 9.59 Å². The molecule has 4 amide bonds. The molecule has 6 N–H and O–H groups in total. The Bertz CT molecular complexity index is 1930. The van der Waals surface area contributed by atoms with Gasteiger partial charge in [-0.3, -0.25) is 28.5 Å². The Hall–Kier alpha value is -4.84. The molecule has 2 aliphatic rings. The van der Waals surface area contributed by atoms with Crippen molar-refractivity contribution >= 4 is 57.4 Å². The first-order chi connectivity index (χ1) is 23.5. The summed E-state index contributed by atoms with van der Waals surface area (Å²) in [4.78, 5) is 74.7. The number of carbonyl (C=O) groups is 6. The molecule has 0 unspecified atom stereocenters. The van der Waals surface area contributed by atoms with Gasteiger partial charge in [0, 0.05) is 23.9 Å². The van der Waals surface area contributed by atoms with Crippen molar-refractivity contribution in [2.24, 2.45) is 11.5 Å².